The van der Waals surface area contributed by atoms with E-state index in [0.717, 1.165) is 6.07 Å². The number of hydrogen-bond donors (Lipinski definition) is 1. The normalized spacial score (nSPS) is 10.1. The maximum atomic E-state index is 12.1. The van der Waals surface area contributed by atoms with Gasteiger partial charge in [0.2, 0.25) is 5.13 Å². The Morgan fingerprint density at radius 1 is 1.45 bits per heavy atom. The van der Waals surface area contributed by atoms with E-state index in [1.165, 1.54) is 30.6 Å². The number of hydrogen-bond acceptors (Lipinski definition) is 7. The molecule has 1 N–H and O–H groups in total. The summed E-state index contributed by atoms with van der Waals surface area (Å²) in [6.45, 7) is 1.75. The zero-order valence-corrected chi connectivity index (χ0v) is 11.4. The minimum atomic E-state index is -0.578. The molecule has 2 rings (SSSR count). The number of nitro benzene ring substituents is 1. The molecule has 0 aliphatic rings. The molecule has 9 heteroatoms. The van der Waals surface area contributed by atoms with Gasteiger partial charge in [0, 0.05) is 12.1 Å². The second-order valence-corrected chi connectivity index (χ2v) is 4.90. The molecule has 0 saturated carbocycles. The number of nitrogens with one attached hydrogen (secondary N) is 1. The van der Waals surface area contributed by atoms with Gasteiger partial charge < -0.3 is 4.74 Å². The minimum Gasteiger partial charge on any atom is -0.496 e. The summed E-state index contributed by atoms with van der Waals surface area (Å²) in [5.74, 6) is -0.295. The topological polar surface area (TPSA) is 107 Å². The van der Waals surface area contributed by atoms with Crippen molar-refractivity contribution in [1.29, 1.82) is 0 Å². The molecule has 0 radical (unpaired) electrons. The fourth-order valence-corrected chi connectivity index (χ4v) is 2.09. The second-order valence-electron chi connectivity index (χ2n) is 3.72. The van der Waals surface area contributed by atoms with Gasteiger partial charge in [0.05, 0.1) is 17.6 Å². The Hall–Kier alpha value is -2.55. The van der Waals surface area contributed by atoms with Crippen LogP contribution in [0, 0.1) is 17.0 Å². The number of carbonyl (C=O) groups is 1. The lowest BCUT2D eigenvalue weighted by molar-refractivity contribution is -0.384. The maximum absolute atomic E-state index is 12.1. The van der Waals surface area contributed by atoms with Crippen molar-refractivity contribution in [1.82, 2.24) is 10.2 Å². The molecule has 2 aromatic rings. The van der Waals surface area contributed by atoms with Gasteiger partial charge in [-0.15, -0.1) is 10.2 Å². The molecule has 0 atom stereocenters. The van der Waals surface area contributed by atoms with Gasteiger partial charge in [-0.3, -0.25) is 20.2 Å². The van der Waals surface area contributed by atoms with Crippen LogP contribution in [0.15, 0.2) is 18.2 Å². The number of nitrogens with zero attached hydrogens (tertiary/aromatic N) is 3. The third kappa shape index (κ3) is 2.88. The van der Waals surface area contributed by atoms with Crippen LogP contribution in [-0.4, -0.2) is 28.1 Å². The molecule has 8 nitrogen and oxygen atoms in total. The number of aryl methyl sites for hydroxylation is 1. The Bertz CT molecular complexity index is 670. The Labute approximate surface area is 117 Å². The molecule has 0 aliphatic heterocycles. The van der Waals surface area contributed by atoms with E-state index in [0.29, 0.717) is 10.1 Å². The minimum absolute atomic E-state index is 0.0644. The van der Waals surface area contributed by atoms with Crippen molar-refractivity contribution in [2.24, 2.45) is 0 Å². The number of methoxy groups -OCH3 is 1. The molecule has 0 fully saturated rings. The standard InChI is InChI=1S/C11H10N4O4S/c1-6-13-14-11(20-6)12-10(16)8-5-7(15(17)18)3-4-9(8)19-2/h3-5H,1-2H3,(H,12,14,16). The summed E-state index contributed by atoms with van der Waals surface area (Å²) in [6.07, 6.45) is 0. The van der Waals surface area contributed by atoms with E-state index in [2.05, 4.69) is 15.5 Å². The van der Waals surface area contributed by atoms with Crippen LogP contribution < -0.4 is 10.1 Å². The fourth-order valence-electron chi connectivity index (χ4n) is 1.50. The summed E-state index contributed by atoms with van der Waals surface area (Å²) in [4.78, 5) is 22.3. The van der Waals surface area contributed by atoms with Crippen LogP contribution >= 0.6 is 11.3 Å². The first kappa shape index (κ1) is 13.9. The van der Waals surface area contributed by atoms with Crippen LogP contribution in [0.4, 0.5) is 10.8 Å². The van der Waals surface area contributed by atoms with Crippen LogP contribution in [0.5, 0.6) is 5.75 Å². The predicted molar refractivity (Wildman–Crippen MR) is 72.2 cm³/mol. The number of amides is 1. The van der Waals surface area contributed by atoms with Crippen molar-refractivity contribution in [3.8, 4) is 5.75 Å². The van der Waals surface area contributed by atoms with Crippen LogP contribution in [0.2, 0.25) is 0 Å². The van der Waals surface area contributed by atoms with Crippen molar-refractivity contribution in [2.45, 2.75) is 6.92 Å². The van der Waals surface area contributed by atoms with E-state index in [1.54, 1.807) is 6.92 Å². The number of nitro groups is 1. The van der Waals surface area contributed by atoms with Crippen molar-refractivity contribution in [2.75, 3.05) is 12.4 Å². The van der Waals surface area contributed by atoms with Gasteiger partial charge in [0.15, 0.2) is 0 Å². The third-order valence-electron chi connectivity index (χ3n) is 2.38. The van der Waals surface area contributed by atoms with E-state index in [1.807, 2.05) is 0 Å². The zero-order valence-electron chi connectivity index (χ0n) is 10.6. The number of anilines is 1. The summed E-state index contributed by atoms with van der Waals surface area (Å²) in [5.41, 5.74) is -0.126. The van der Waals surface area contributed by atoms with Crippen molar-refractivity contribution in [3.63, 3.8) is 0 Å². The summed E-state index contributed by atoms with van der Waals surface area (Å²) >= 11 is 1.21. The highest BCUT2D eigenvalue weighted by Crippen LogP contribution is 2.25. The Morgan fingerprint density at radius 2 is 2.20 bits per heavy atom. The smallest absolute Gasteiger partial charge is 0.270 e. The highest BCUT2D eigenvalue weighted by Gasteiger charge is 2.18. The first-order chi connectivity index (χ1) is 9.51. The van der Waals surface area contributed by atoms with E-state index in [4.69, 9.17) is 4.74 Å². The van der Waals surface area contributed by atoms with Crippen molar-refractivity contribution in [3.05, 3.63) is 38.9 Å². The van der Waals surface area contributed by atoms with Gasteiger partial charge in [-0.1, -0.05) is 11.3 Å². The predicted octanol–water partition coefficient (Wildman–Crippen LogP) is 2.02. The van der Waals surface area contributed by atoms with Crippen LogP contribution in [-0.2, 0) is 0 Å². The number of benzene rings is 1. The Morgan fingerprint density at radius 3 is 2.75 bits per heavy atom. The largest absolute Gasteiger partial charge is 0.496 e. The fraction of sp³-hybridized carbons (Fsp3) is 0.182. The second kappa shape index (κ2) is 5.61. The average molecular weight is 294 g/mol. The molecule has 1 aromatic heterocycles. The molecular weight excluding hydrogens is 284 g/mol. The summed E-state index contributed by atoms with van der Waals surface area (Å²) < 4.78 is 5.03. The maximum Gasteiger partial charge on any atom is 0.270 e. The SMILES string of the molecule is COc1ccc([N+](=O)[O-])cc1C(=O)Nc1nnc(C)s1. The molecule has 0 spiro atoms. The van der Waals surface area contributed by atoms with E-state index >= 15 is 0 Å². The molecule has 1 amide bonds. The Balaban J connectivity index is 2.32. The third-order valence-corrected chi connectivity index (χ3v) is 3.14. The van der Waals surface area contributed by atoms with Gasteiger partial charge in [-0.25, -0.2) is 0 Å². The molecular formula is C11H10N4O4S. The number of aromatic nitrogens is 2. The number of carbonyl (C=O) groups excluding carboxylic acids is 1. The summed E-state index contributed by atoms with van der Waals surface area (Å²) in [7, 11) is 1.38. The van der Waals surface area contributed by atoms with E-state index in [-0.39, 0.29) is 17.0 Å². The molecule has 104 valence electrons. The molecule has 0 saturated heterocycles. The lowest BCUT2D eigenvalue weighted by Gasteiger charge is -2.07. The summed E-state index contributed by atoms with van der Waals surface area (Å²) in [6, 6.07) is 3.80. The lowest BCUT2D eigenvalue weighted by atomic mass is 10.1. The molecule has 20 heavy (non-hydrogen) atoms. The highest BCUT2D eigenvalue weighted by atomic mass is 32.1. The highest BCUT2D eigenvalue weighted by molar-refractivity contribution is 7.15. The van der Waals surface area contributed by atoms with Gasteiger partial charge in [0.1, 0.15) is 10.8 Å². The van der Waals surface area contributed by atoms with Gasteiger partial charge >= 0.3 is 0 Å². The zero-order chi connectivity index (χ0) is 14.7. The lowest BCUT2D eigenvalue weighted by Crippen LogP contribution is -2.13. The van der Waals surface area contributed by atoms with Crippen molar-refractivity contribution >= 4 is 28.1 Å². The van der Waals surface area contributed by atoms with Gasteiger partial charge in [-0.05, 0) is 13.0 Å². The molecule has 0 aliphatic carbocycles. The number of ether oxygens (including phenoxy) is 1. The summed E-state index contributed by atoms with van der Waals surface area (Å²) in [5, 5.41) is 21.8. The van der Waals surface area contributed by atoms with Gasteiger partial charge in [-0.2, -0.15) is 0 Å². The number of rotatable bonds is 4. The first-order valence-electron chi connectivity index (χ1n) is 5.45. The number of non-ortho nitro benzene ring substituents is 1. The average Bonchev–Trinajstić information content (AvgIpc) is 2.83. The van der Waals surface area contributed by atoms with Crippen LogP contribution in [0.3, 0.4) is 0 Å². The van der Waals surface area contributed by atoms with Crippen molar-refractivity contribution < 1.29 is 14.5 Å². The van der Waals surface area contributed by atoms with Crippen LogP contribution in [0.1, 0.15) is 15.4 Å². The monoisotopic (exact) mass is 294 g/mol. The first-order valence-corrected chi connectivity index (χ1v) is 6.27. The van der Waals surface area contributed by atoms with Gasteiger partial charge in [0.25, 0.3) is 11.6 Å². The molecule has 0 unspecified atom stereocenters. The van der Waals surface area contributed by atoms with Crippen LogP contribution in [0.25, 0.3) is 0 Å². The quantitative estimate of drug-likeness (QED) is 0.682. The van der Waals surface area contributed by atoms with E-state index < -0.39 is 10.8 Å². The van der Waals surface area contributed by atoms with E-state index in [9.17, 15) is 14.9 Å². The molecule has 1 aromatic carbocycles. The Kier molecular flexibility index (Phi) is 3.89. The molecule has 1 heterocycles. The molecule has 0 bridgehead atoms.